The molecular weight excluding hydrogens is 603 g/mol. The van der Waals surface area contributed by atoms with Crippen molar-refractivity contribution in [1.29, 1.82) is 0 Å². The van der Waals surface area contributed by atoms with Gasteiger partial charge in [0.2, 0.25) is 0 Å². The highest BCUT2D eigenvalue weighted by Crippen LogP contribution is 2.52. The monoisotopic (exact) mass is 637 g/mol. The minimum Gasteiger partial charge on any atom is -0.310 e. The van der Waals surface area contributed by atoms with Crippen LogP contribution in [0, 0.1) is 0 Å². The summed E-state index contributed by atoms with van der Waals surface area (Å²) in [5.74, 6) is 0. The summed E-state index contributed by atoms with van der Waals surface area (Å²) in [6.07, 6.45) is 0. The van der Waals surface area contributed by atoms with Gasteiger partial charge < -0.3 is 4.90 Å². The molecule has 10 rings (SSSR count). The lowest BCUT2D eigenvalue weighted by Crippen LogP contribution is -2.14. The van der Waals surface area contributed by atoms with Crippen molar-refractivity contribution < 1.29 is 0 Å². The van der Waals surface area contributed by atoms with Gasteiger partial charge in [-0.15, -0.1) is 0 Å². The van der Waals surface area contributed by atoms with Crippen molar-refractivity contribution in [2.24, 2.45) is 0 Å². The summed E-state index contributed by atoms with van der Waals surface area (Å²) in [5.41, 5.74) is 11.4. The zero-order valence-corrected chi connectivity index (χ0v) is 28.2. The molecule has 0 amide bonds. The first kappa shape index (κ1) is 28.8. The second-order valence-corrected chi connectivity index (χ2v) is 14.2. The highest BCUT2D eigenvalue weighted by Gasteiger charge is 2.36. The van der Waals surface area contributed by atoms with Gasteiger partial charge in [0.1, 0.15) is 0 Å². The number of rotatable bonds is 4. The van der Waals surface area contributed by atoms with E-state index in [0.717, 1.165) is 17.1 Å². The van der Waals surface area contributed by atoms with Crippen molar-refractivity contribution in [3.05, 3.63) is 187 Å². The largest absolute Gasteiger partial charge is 0.310 e. The van der Waals surface area contributed by atoms with Crippen molar-refractivity contribution in [3.63, 3.8) is 0 Å². The number of anilines is 3. The Bertz CT molecular complexity index is 2770. The number of hydrogen-bond acceptors (Lipinski definition) is 1. The summed E-state index contributed by atoms with van der Waals surface area (Å²) in [4.78, 5) is 2.39. The summed E-state index contributed by atoms with van der Waals surface area (Å²) in [7, 11) is 0. The van der Waals surface area contributed by atoms with Crippen LogP contribution in [0.3, 0.4) is 0 Å². The summed E-state index contributed by atoms with van der Waals surface area (Å²) in [6.45, 7) is 4.72. The van der Waals surface area contributed by atoms with Gasteiger partial charge in [0.05, 0.1) is 0 Å². The predicted octanol–water partition coefficient (Wildman–Crippen LogP) is 13.7. The highest BCUT2D eigenvalue weighted by molar-refractivity contribution is 6.23. The molecule has 0 N–H and O–H groups in total. The van der Waals surface area contributed by atoms with Crippen LogP contribution in [0.2, 0.25) is 0 Å². The first-order valence-corrected chi connectivity index (χ1v) is 17.5. The maximum Gasteiger partial charge on any atom is 0.0468 e. The molecule has 1 aliphatic carbocycles. The Labute approximate surface area is 292 Å². The van der Waals surface area contributed by atoms with E-state index in [2.05, 4.69) is 195 Å². The second kappa shape index (κ2) is 10.9. The fraction of sp³-hybridized carbons (Fsp3) is 0.0612. The lowest BCUT2D eigenvalue weighted by molar-refractivity contribution is 0.661. The van der Waals surface area contributed by atoms with Crippen molar-refractivity contribution in [3.8, 4) is 22.3 Å². The third-order valence-electron chi connectivity index (χ3n) is 11.0. The lowest BCUT2D eigenvalue weighted by Gasteiger charge is -2.26. The van der Waals surface area contributed by atoms with E-state index in [1.165, 1.54) is 76.5 Å². The van der Waals surface area contributed by atoms with Gasteiger partial charge in [-0.1, -0.05) is 153 Å². The van der Waals surface area contributed by atoms with Crippen LogP contribution in [0.15, 0.2) is 176 Å². The maximum absolute atomic E-state index is 2.39. The molecule has 236 valence electrons. The number of fused-ring (bicyclic) bond motifs is 10. The lowest BCUT2D eigenvalue weighted by atomic mass is 9.82. The van der Waals surface area contributed by atoms with Gasteiger partial charge in [0, 0.05) is 22.5 Å². The zero-order valence-electron chi connectivity index (χ0n) is 28.2. The molecule has 0 saturated carbocycles. The number of nitrogens with zero attached hydrogens (tertiary/aromatic N) is 1. The smallest absolute Gasteiger partial charge is 0.0468 e. The van der Waals surface area contributed by atoms with Gasteiger partial charge in [0.25, 0.3) is 0 Å². The van der Waals surface area contributed by atoms with Crippen LogP contribution in [0.5, 0.6) is 0 Å². The fourth-order valence-corrected chi connectivity index (χ4v) is 8.50. The standard InChI is InChI=1S/C49H35N/c1-49(2)45-15-9-8-14-44(45)48-43-26-21-35-16-17-37-31-40(25-27-41(37)47(35)42(43)28-29-46(48)49)50(39-24-20-33-12-6-7-13-36(33)30-39)38-22-18-34(19-23-38)32-10-4-3-5-11-32/h3-31H,1-2H3. The molecule has 9 aromatic rings. The molecule has 0 fully saturated rings. The van der Waals surface area contributed by atoms with Gasteiger partial charge in [-0.25, -0.2) is 0 Å². The van der Waals surface area contributed by atoms with E-state index >= 15 is 0 Å². The SMILES string of the molecule is CC1(C)c2ccccc2-c2c1ccc1c2ccc2ccc3cc(N(c4ccc(-c5ccccc5)cc4)c4ccc5ccccc5c4)ccc3c21. The summed E-state index contributed by atoms with van der Waals surface area (Å²) >= 11 is 0. The molecule has 0 aliphatic heterocycles. The Morgan fingerprint density at radius 2 is 0.960 bits per heavy atom. The minimum atomic E-state index is -0.0196. The molecule has 9 aromatic carbocycles. The average molecular weight is 638 g/mol. The quantitative estimate of drug-likeness (QED) is 0.174. The van der Waals surface area contributed by atoms with Crippen LogP contribution in [-0.2, 0) is 5.41 Å². The molecule has 0 heterocycles. The molecule has 1 aliphatic rings. The van der Waals surface area contributed by atoms with Gasteiger partial charge in [-0.3, -0.25) is 0 Å². The van der Waals surface area contributed by atoms with E-state index in [4.69, 9.17) is 0 Å². The average Bonchev–Trinajstić information content (AvgIpc) is 3.41. The van der Waals surface area contributed by atoms with E-state index < -0.39 is 0 Å². The fourth-order valence-electron chi connectivity index (χ4n) is 8.50. The van der Waals surface area contributed by atoms with E-state index in [1.807, 2.05) is 0 Å². The first-order valence-electron chi connectivity index (χ1n) is 17.5. The molecule has 0 atom stereocenters. The normalized spacial score (nSPS) is 13.2. The topological polar surface area (TPSA) is 3.24 Å². The highest BCUT2D eigenvalue weighted by atomic mass is 15.1. The first-order chi connectivity index (χ1) is 24.5. The van der Waals surface area contributed by atoms with Gasteiger partial charge in [0.15, 0.2) is 0 Å². The van der Waals surface area contributed by atoms with Crippen LogP contribution in [0.4, 0.5) is 17.1 Å². The van der Waals surface area contributed by atoms with Gasteiger partial charge in [-0.2, -0.15) is 0 Å². The van der Waals surface area contributed by atoms with Crippen LogP contribution in [0.1, 0.15) is 25.0 Å². The third-order valence-corrected chi connectivity index (χ3v) is 11.0. The van der Waals surface area contributed by atoms with Crippen molar-refractivity contribution in [2.75, 3.05) is 4.90 Å². The maximum atomic E-state index is 2.39. The number of benzene rings is 9. The number of hydrogen-bond donors (Lipinski definition) is 0. The van der Waals surface area contributed by atoms with E-state index in [1.54, 1.807) is 0 Å². The third kappa shape index (κ3) is 4.33. The Morgan fingerprint density at radius 3 is 1.80 bits per heavy atom. The molecular formula is C49H35N. The molecule has 0 spiro atoms. The zero-order chi connectivity index (χ0) is 33.4. The summed E-state index contributed by atoms with van der Waals surface area (Å²) < 4.78 is 0. The van der Waals surface area contributed by atoms with E-state index in [9.17, 15) is 0 Å². The van der Waals surface area contributed by atoms with Crippen LogP contribution in [-0.4, -0.2) is 0 Å². The predicted molar refractivity (Wildman–Crippen MR) is 214 cm³/mol. The van der Waals surface area contributed by atoms with Crippen LogP contribution >= 0.6 is 0 Å². The molecule has 0 radical (unpaired) electrons. The Balaban J connectivity index is 1.16. The molecule has 1 nitrogen and oxygen atoms in total. The van der Waals surface area contributed by atoms with Crippen molar-refractivity contribution >= 4 is 60.2 Å². The van der Waals surface area contributed by atoms with Crippen molar-refractivity contribution in [2.45, 2.75) is 19.3 Å². The molecule has 0 saturated heterocycles. The van der Waals surface area contributed by atoms with Crippen molar-refractivity contribution in [1.82, 2.24) is 0 Å². The Morgan fingerprint density at radius 1 is 0.380 bits per heavy atom. The summed E-state index contributed by atoms with van der Waals surface area (Å²) in [5, 5.41) is 10.2. The van der Waals surface area contributed by atoms with Crippen LogP contribution < -0.4 is 4.90 Å². The summed E-state index contributed by atoms with van der Waals surface area (Å²) in [6, 6.07) is 64.9. The van der Waals surface area contributed by atoms with E-state index in [0.29, 0.717) is 0 Å². The second-order valence-electron chi connectivity index (χ2n) is 14.2. The molecule has 50 heavy (non-hydrogen) atoms. The molecule has 0 unspecified atom stereocenters. The molecule has 0 bridgehead atoms. The Hall–Kier alpha value is -6.18. The molecule has 0 aromatic heterocycles. The van der Waals surface area contributed by atoms with Gasteiger partial charge in [-0.05, 0) is 113 Å². The molecule has 1 heteroatoms. The Kier molecular flexibility index (Phi) is 6.29. The van der Waals surface area contributed by atoms with E-state index in [-0.39, 0.29) is 5.41 Å². The van der Waals surface area contributed by atoms with Gasteiger partial charge >= 0.3 is 0 Å². The minimum absolute atomic E-state index is 0.0196. The van der Waals surface area contributed by atoms with Crippen LogP contribution in [0.25, 0.3) is 65.3 Å².